The Hall–Kier alpha value is -1.36. The van der Waals surface area contributed by atoms with Gasteiger partial charge in [-0.15, -0.1) is 0 Å². The second-order valence-electron chi connectivity index (χ2n) is 3.94. The van der Waals surface area contributed by atoms with E-state index in [4.69, 9.17) is 0 Å². The van der Waals surface area contributed by atoms with Crippen molar-refractivity contribution in [1.29, 1.82) is 0 Å². The average molecular weight is 224 g/mol. The lowest BCUT2D eigenvalue weighted by atomic mass is 10.2. The van der Waals surface area contributed by atoms with E-state index in [0.29, 0.717) is 12.1 Å². The summed E-state index contributed by atoms with van der Waals surface area (Å²) >= 11 is 0. The summed E-state index contributed by atoms with van der Waals surface area (Å²) in [5.41, 5.74) is 1.53. The largest absolute Gasteiger partial charge is 0.350 e. The van der Waals surface area contributed by atoms with Crippen LogP contribution in [0.15, 0.2) is 6.20 Å². The van der Waals surface area contributed by atoms with Crippen molar-refractivity contribution in [3.63, 3.8) is 0 Å². The van der Waals surface area contributed by atoms with Crippen LogP contribution in [0.1, 0.15) is 29.9 Å². The summed E-state index contributed by atoms with van der Waals surface area (Å²) in [6.07, 6.45) is 1.60. The van der Waals surface area contributed by atoms with Crippen molar-refractivity contribution in [3.05, 3.63) is 17.5 Å². The quantitative estimate of drug-likeness (QED) is 0.763. The van der Waals surface area contributed by atoms with Crippen LogP contribution in [-0.2, 0) is 7.05 Å². The molecule has 0 aliphatic carbocycles. The lowest BCUT2D eigenvalue weighted by molar-refractivity contribution is 0.0949. The molecule has 0 radical (unpaired) electrons. The molecule has 1 heterocycles. The van der Waals surface area contributed by atoms with Crippen LogP contribution < -0.4 is 10.6 Å². The third kappa shape index (κ3) is 3.06. The van der Waals surface area contributed by atoms with E-state index < -0.39 is 0 Å². The molecule has 16 heavy (non-hydrogen) atoms. The maximum absolute atomic E-state index is 11.8. The number of aryl methyl sites for hydroxylation is 1. The van der Waals surface area contributed by atoms with Gasteiger partial charge in [-0.2, -0.15) is 5.10 Å². The summed E-state index contributed by atoms with van der Waals surface area (Å²) in [5.74, 6) is -0.0599. The number of likely N-dealkylation sites (N-methyl/N-ethyl adjacent to an activating group) is 1. The minimum absolute atomic E-state index is 0.0599. The Bertz CT molecular complexity index is 359. The number of nitrogens with one attached hydrogen (secondary N) is 2. The normalized spacial score (nSPS) is 12.5. The Morgan fingerprint density at radius 1 is 1.62 bits per heavy atom. The zero-order valence-electron chi connectivity index (χ0n) is 10.4. The first kappa shape index (κ1) is 12.7. The van der Waals surface area contributed by atoms with Gasteiger partial charge < -0.3 is 10.6 Å². The van der Waals surface area contributed by atoms with Crippen molar-refractivity contribution >= 4 is 5.91 Å². The zero-order valence-corrected chi connectivity index (χ0v) is 10.4. The fraction of sp³-hybridized carbons (Fsp3) is 0.636. The van der Waals surface area contributed by atoms with Gasteiger partial charge in [0.05, 0.1) is 11.8 Å². The number of aromatic nitrogens is 2. The fourth-order valence-corrected chi connectivity index (χ4v) is 1.48. The Kier molecular flexibility index (Phi) is 4.49. The monoisotopic (exact) mass is 224 g/mol. The highest BCUT2D eigenvalue weighted by atomic mass is 16.1. The van der Waals surface area contributed by atoms with Crippen molar-refractivity contribution in [2.75, 3.05) is 13.1 Å². The van der Waals surface area contributed by atoms with Crippen LogP contribution in [-0.4, -0.2) is 34.8 Å². The second-order valence-corrected chi connectivity index (χ2v) is 3.94. The van der Waals surface area contributed by atoms with E-state index in [0.717, 1.165) is 12.2 Å². The van der Waals surface area contributed by atoms with E-state index in [-0.39, 0.29) is 11.9 Å². The molecule has 0 aliphatic rings. The topological polar surface area (TPSA) is 58.9 Å². The molecule has 0 fully saturated rings. The van der Waals surface area contributed by atoms with E-state index in [9.17, 15) is 4.79 Å². The average Bonchev–Trinajstić information content (AvgIpc) is 2.57. The van der Waals surface area contributed by atoms with Crippen LogP contribution in [0.5, 0.6) is 0 Å². The van der Waals surface area contributed by atoms with Gasteiger partial charge in [-0.05, 0) is 20.4 Å². The highest BCUT2D eigenvalue weighted by molar-refractivity contribution is 5.95. The highest BCUT2D eigenvalue weighted by Crippen LogP contribution is 2.04. The zero-order chi connectivity index (χ0) is 12.1. The lowest BCUT2D eigenvalue weighted by Crippen LogP contribution is -2.38. The summed E-state index contributed by atoms with van der Waals surface area (Å²) in [6, 6.07) is 0.283. The van der Waals surface area contributed by atoms with Gasteiger partial charge in [0.25, 0.3) is 5.91 Å². The summed E-state index contributed by atoms with van der Waals surface area (Å²) in [6.45, 7) is 7.50. The first-order valence-electron chi connectivity index (χ1n) is 5.56. The molecule has 1 aromatic heterocycles. The summed E-state index contributed by atoms with van der Waals surface area (Å²) in [5, 5.41) is 10.2. The third-order valence-corrected chi connectivity index (χ3v) is 2.60. The molecule has 0 aliphatic heterocycles. The molecule has 5 heteroatoms. The first-order chi connectivity index (χ1) is 7.56. The van der Waals surface area contributed by atoms with Crippen molar-refractivity contribution in [2.24, 2.45) is 7.05 Å². The predicted octanol–water partition coefficient (Wildman–Crippen LogP) is 0.456. The minimum atomic E-state index is -0.0599. The fourth-order valence-electron chi connectivity index (χ4n) is 1.48. The molecule has 0 spiro atoms. The van der Waals surface area contributed by atoms with Crippen LogP contribution in [0.3, 0.4) is 0 Å². The van der Waals surface area contributed by atoms with Gasteiger partial charge >= 0.3 is 0 Å². The minimum Gasteiger partial charge on any atom is -0.350 e. The molecule has 1 atom stereocenters. The first-order valence-corrected chi connectivity index (χ1v) is 5.56. The molecule has 2 N–H and O–H groups in total. The van der Waals surface area contributed by atoms with Gasteiger partial charge in [0, 0.05) is 25.3 Å². The Labute approximate surface area is 96.2 Å². The molecule has 0 saturated carbocycles. The number of hydrogen-bond acceptors (Lipinski definition) is 3. The molecular weight excluding hydrogens is 204 g/mol. The van der Waals surface area contributed by atoms with E-state index >= 15 is 0 Å². The number of rotatable bonds is 5. The number of hydrogen-bond donors (Lipinski definition) is 2. The molecule has 0 saturated heterocycles. The molecule has 0 unspecified atom stereocenters. The molecular formula is C11H20N4O. The molecule has 1 amide bonds. The number of nitrogens with zero attached hydrogens (tertiary/aromatic N) is 2. The van der Waals surface area contributed by atoms with Crippen LogP contribution >= 0.6 is 0 Å². The molecule has 1 aromatic rings. The van der Waals surface area contributed by atoms with Gasteiger partial charge in [0.15, 0.2) is 0 Å². The third-order valence-electron chi connectivity index (χ3n) is 2.60. The van der Waals surface area contributed by atoms with Crippen LogP contribution in [0, 0.1) is 6.92 Å². The molecule has 90 valence electrons. The number of amides is 1. The van der Waals surface area contributed by atoms with Gasteiger partial charge in [0.1, 0.15) is 0 Å². The Morgan fingerprint density at radius 2 is 2.31 bits per heavy atom. The SMILES string of the molecule is CCN[C@H](C)CNC(=O)c1cnn(C)c1C. The van der Waals surface area contributed by atoms with Crippen molar-refractivity contribution in [1.82, 2.24) is 20.4 Å². The Balaban J connectivity index is 2.50. The van der Waals surface area contributed by atoms with Gasteiger partial charge in [-0.1, -0.05) is 6.92 Å². The Morgan fingerprint density at radius 3 is 2.81 bits per heavy atom. The number of carbonyl (C=O) groups is 1. The lowest BCUT2D eigenvalue weighted by Gasteiger charge is -2.12. The van der Waals surface area contributed by atoms with Crippen LogP contribution in [0.25, 0.3) is 0 Å². The van der Waals surface area contributed by atoms with Gasteiger partial charge in [-0.3, -0.25) is 9.48 Å². The van der Waals surface area contributed by atoms with Crippen molar-refractivity contribution in [3.8, 4) is 0 Å². The van der Waals surface area contributed by atoms with E-state index in [1.165, 1.54) is 0 Å². The second kappa shape index (κ2) is 5.65. The maximum atomic E-state index is 11.8. The summed E-state index contributed by atoms with van der Waals surface area (Å²) < 4.78 is 1.70. The highest BCUT2D eigenvalue weighted by Gasteiger charge is 2.12. The molecule has 0 aromatic carbocycles. The van der Waals surface area contributed by atoms with Gasteiger partial charge in [0.2, 0.25) is 0 Å². The molecule has 0 bridgehead atoms. The smallest absolute Gasteiger partial charge is 0.254 e. The number of carbonyl (C=O) groups excluding carboxylic acids is 1. The molecule has 1 rings (SSSR count). The van der Waals surface area contributed by atoms with Gasteiger partial charge in [-0.25, -0.2) is 0 Å². The van der Waals surface area contributed by atoms with Crippen molar-refractivity contribution < 1.29 is 4.79 Å². The summed E-state index contributed by atoms with van der Waals surface area (Å²) in [7, 11) is 1.83. The van der Waals surface area contributed by atoms with Crippen LogP contribution in [0.2, 0.25) is 0 Å². The van der Waals surface area contributed by atoms with Crippen molar-refractivity contribution in [2.45, 2.75) is 26.8 Å². The predicted molar refractivity (Wildman–Crippen MR) is 63.4 cm³/mol. The maximum Gasteiger partial charge on any atom is 0.254 e. The standard InChI is InChI=1S/C11H20N4O/c1-5-12-8(2)6-13-11(16)10-7-14-15(4)9(10)3/h7-8,12H,5-6H2,1-4H3,(H,13,16)/t8-/m1/s1. The van der Waals surface area contributed by atoms with E-state index in [1.54, 1.807) is 10.9 Å². The molecule has 5 nitrogen and oxygen atoms in total. The van der Waals surface area contributed by atoms with E-state index in [1.807, 2.05) is 27.8 Å². The van der Waals surface area contributed by atoms with E-state index in [2.05, 4.69) is 15.7 Å². The van der Waals surface area contributed by atoms with Crippen LogP contribution in [0.4, 0.5) is 0 Å². The summed E-state index contributed by atoms with van der Waals surface area (Å²) in [4.78, 5) is 11.8.